The Morgan fingerprint density at radius 3 is 2.61 bits per heavy atom. The number of hydrogen-bond donors (Lipinski definition) is 3. The van der Waals surface area contributed by atoms with Crippen molar-refractivity contribution in [2.45, 2.75) is 26.0 Å². The highest BCUT2D eigenvalue weighted by molar-refractivity contribution is 6.02. The number of amides is 3. The van der Waals surface area contributed by atoms with Crippen molar-refractivity contribution >= 4 is 23.3 Å². The maximum Gasteiger partial charge on any atom is 0.323 e. The second-order valence-electron chi connectivity index (χ2n) is 8.36. The van der Waals surface area contributed by atoms with E-state index >= 15 is 0 Å². The van der Waals surface area contributed by atoms with Crippen LogP contribution in [0, 0.1) is 11.7 Å². The molecule has 178 valence electrons. The number of carbonyl (C=O) groups is 2. The summed E-state index contributed by atoms with van der Waals surface area (Å²) >= 11 is 0. The average Bonchev–Trinajstić information content (AvgIpc) is 2.78. The minimum Gasteiger partial charge on any atom is -0.491 e. The largest absolute Gasteiger partial charge is 0.491 e. The Bertz CT molecular complexity index is 987. The summed E-state index contributed by atoms with van der Waals surface area (Å²) in [5.74, 6) is -0.0781. The lowest BCUT2D eigenvalue weighted by atomic mass is 10.0. The zero-order chi connectivity index (χ0) is 24.0. The number of rotatable bonds is 3. The highest BCUT2D eigenvalue weighted by Gasteiger charge is 2.25. The van der Waals surface area contributed by atoms with Gasteiger partial charge in [-0.05, 0) is 49.2 Å². The average molecular weight is 459 g/mol. The van der Waals surface area contributed by atoms with Crippen LogP contribution < -0.4 is 20.7 Å². The van der Waals surface area contributed by atoms with Crippen molar-refractivity contribution in [3.63, 3.8) is 0 Å². The number of anilines is 2. The summed E-state index contributed by atoms with van der Waals surface area (Å²) in [6, 6.07) is 10.00. The Hall–Kier alpha value is -3.17. The molecule has 1 aliphatic heterocycles. The van der Waals surface area contributed by atoms with Gasteiger partial charge in [-0.1, -0.05) is 13.0 Å². The molecule has 0 saturated heterocycles. The molecule has 3 amide bonds. The van der Waals surface area contributed by atoms with Crippen LogP contribution in [0.4, 0.5) is 20.6 Å². The molecule has 3 rings (SSSR count). The van der Waals surface area contributed by atoms with Gasteiger partial charge in [0.15, 0.2) is 0 Å². The number of ether oxygens (including phenoxy) is 2. The fourth-order valence-corrected chi connectivity index (χ4v) is 3.60. The van der Waals surface area contributed by atoms with Crippen LogP contribution in [0.3, 0.4) is 0 Å². The van der Waals surface area contributed by atoms with Crippen LogP contribution in [0.15, 0.2) is 42.5 Å². The van der Waals surface area contributed by atoms with Gasteiger partial charge in [0.1, 0.15) is 18.2 Å². The molecule has 0 unspecified atom stereocenters. The van der Waals surface area contributed by atoms with Gasteiger partial charge < -0.3 is 30.3 Å². The molecule has 0 fully saturated rings. The minimum atomic E-state index is -0.554. The van der Waals surface area contributed by atoms with Crippen molar-refractivity contribution in [1.29, 1.82) is 0 Å². The number of fused-ring (bicyclic) bond motifs is 1. The van der Waals surface area contributed by atoms with Gasteiger partial charge in [-0.15, -0.1) is 0 Å². The van der Waals surface area contributed by atoms with E-state index in [0.29, 0.717) is 35.8 Å². The third-order valence-electron chi connectivity index (χ3n) is 5.57. The molecule has 0 aliphatic carbocycles. The summed E-state index contributed by atoms with van der Waals surface area (Å²) in [4.78, 5) is 27.2. The predicted molar refractivity (Wildman–Crippen MR) is 125 cm³/mol. The van der Waals surface area contributed by atoms with Gasteiger partial charge in [-0.25, -0.2) is 9.18 Å². The third-order valence-corrected chi connectivity index (χ3v) is 5.57. The van der Waals surface area contributed by atoms with Gasteiger partial charge in [0, 0.05) is 44.7 Å². The Morgan fingerprint density at radius 2 is 1.91 bits per heavy atom. The topological polar surface area (TPSA) is 91.9 Å². The van der Waals surface area contributed by atoms with Crippen molar-refractivity contribution in [2.24, 2.45) is 5.92 Å². The van der Waals surface area contributed by atoms with Gasteiger partial charge in [-0.3, -0.25) is 4.79 Å². The highest BCUT2D eigenvalue weighted by Crippen LogP contribution is 2.26. The van der Waals surface area contributed by atoms with E-state index in [9.17, 15) is 14.0 Å². The van der Waals surface area contributed by atoms with Gasteiger partial charge in [0.05, 0.1) is 11.7 Å². The van der Waals surface area contributed by atoms with Crippen LogP contribution in [-0.2, 0) is 4.74 Å². The molecule has 8 nitrogen and oxygen atoms in total. The first-order valence-corrected chi connectivity index (χ1v) is 10.9. The Kier molecular flexibility index (Phi) is 8.24. The van der Waals surface area contributed by atoms with E-state index in [-0.39, 0.29) is 24.0 Å². The number of carbonyl (C=O) groups excluding carboxylic acids is 2. The molecule has 3 atom stereocenters. The van der Waals surface area contributed by atoms with E-state index in [0.717, 1.165) is 6.54 Å². The standard InChI is InChI=1S/C24H31FN4O4/c1-15-12-26-16(2)14-33-21-9-8-19(11-20(21)23(30)29(3)13-22(15)32-4)28-24(31)27-18-7-5-6-17(25)10-18/h5-11,15-16,22,26H,12-14H2,1-4H3,(H2,27,28,31)/t15-,16+,22+/m0/s1. The maximum atomic E-state index is 13.4. The molecule has 0 spiro atoms. The molecule has 0 bridgehead atoms. The lowest BCUT2D eigenvalue weighted by Gasteiger charge is -2.30. The number of halogens is 1. The molecular formula is C24H31FN4O4. The molecule has 33 heavy (non-hydrogen) atoms. The Morgan fingerprint density at radius 1 is 1.18 bits per heavy atom. The first-order valence-electron chi connectivity index (χ1n) is 10.9. The van der Waals surface area contributed by atoms with Gasteiger partial charge in [-0.2, -0.15) is 0 Å². The van der Waals surface area contributed by atoms with Crippen LogP contribution in [0.25, 0.3) is 0 Å². The Balaban J connectivity index is 1.82. The van der Waals surface area contributed by atoms with E-state index in [1.807, 2.05) is 6.92 Å². The quantitative estimate of drug-likeness (QED) is 0.654. The number of hydrogen-bond acceptors (Lipinski definition) is 5. The fourth-order valence-electron chi connectivity index (χ4n) is 3.60. The third kappa shape index (κ3) is 6.66. The number of urea groups is 1. The molecule has 0 saturated carbocycles. The summed E-state index contributed by atoms with van der Waals surface area (Å²) in [7, 11) is 3.36. The number of likely N-dealkylation sites (N-methyl/N-ethyl adjacent to an activating group) is 1. The molecule has 2 aromatic carbocycles. The molecule has 0 radical (unpaired) electrons. The lowest BCUT2D eigenvalue weighted by molar-refractivity contribution is 0.0281. The summed E-state index contributed by atoms with van der Waals surface area (Å²) in [6.07, 6.45) is -0.138. The van der Waals surface area contributed by atoms with Crippen LogP contribution >= 0.6 is 0 Å². The molecule has 0 aromatic heterocycles. The van der Waals surface area contributed by atoms with Gasteiger partial charge in [0.2, 0.25) is 0 Å². The SMILES string of the molecule is CO[C@@H]1CN(C)C(=O)c2cc(NC(=O)Nc3cccc(F)c3)ccc2OC[C@@H](C)NC[C@@H]1C. The molecule has 1 heterocycles. The predicted octanol–water partition coefficient (Wildman–Crippen LogP) is 3.56. The van der Waals surface area contributed by atoms with Crippen molar-refractivity contribution < 1.29 is 23.5 Å². The van der Waals surface area contributed by atoms with Crippen molar-refractivity contribution in [2.75, 3.05) is 44.5 Å². The summed E-state index contributed by atoms with van der Waals surface area (Å²) in [5, 5.41) is 8.69. The number of nitrogens with zero attached hydrogens (tertiary/aromatic N) is 1. The summed E-state index contributed by atoms with van der Waals surface area (Å²) in [6.45, 7) is 5.61. The first kappa shape index (κ1) is 24.5. The molecular weight excluding hydrogens is 427 g/mol. The number of benzene rings is 2. The lowest BCUT2D eigenvalue weighted by Crippen LogP contribution is -2.44. The van der Waals surface area contributed by atoms with E-state index in [1.165, 1.54) is 18.2 Å². The molecule has 2 aromatic rings. The zero-order valence-electron chi connectivity index (χ0n) is 19.4. The van der Waals surface area contributed by atoms with Crippen LogP contribution in [0.1, 0.15) is 24.2 Å². The van der Waals surface area contributed by atoms with E-state index < -0.39 is 11.8 Å². The summed E-state index contributed by atoms with van der Waals surface area (Å²) in [5.41, 5.74) is 1.05. The normalized spacial score (nSPS) is 21.8. The number of methoxy groups -OCH3 is 1. The zero-order valence-corrected chi connectivity index (χ0v) is 19.4. The first-order chi connectivity index (χ1) is 15.8. The van der Waals surface area contributed by atoms with Crippen LogP contribution in [0.5, 0.6) is 5.75 Å². The van der Waals surface area contributed by atoms with Gasteiger partial charge >= 0.3 is 6.03 Å². The Labute approximate surface area is 193 Å². The van der Waals surface area contributed by atoms with Crippen LogP contribution in [0.2, 0.25) is 0 Å². The monoisotopic (exact) mass is 458 g/mol. The van der Waals surface area contributed by atoms with Crippen molar-refractivity contribution in [1.82, 2.24) is 10.2 Å². The second-order valence-corrected chi connectivity index (χ2v) is 8.36. The fraction of sp³-hybridized carbons (Fsp3) is 0.417. The summed E-state index contributed by atoms with van der Waals surface area (Å²) < 4.78 is 24.9. The van der Waals surface area contributed by atoms with Crippen LogP contribution in [-0.4, -0.2) is 62.8 Å². The maximum absolute atomic E-state index is 13.4. The molecule has 9 heteroatoms. The minimum absolute atomic E-state index is 0.0694. The molecule has 1 aliphatic rings. The van der Waals surface area contributed by atoms with Crippen molar-refractivity contribution in [3.8, 4) is 5.75 Å². The molecule has 3 N–H and O–H groups in total. The second kappa shape index (κ2) is 11.1. The number of nitrogens with one attached hydrogen (secondary N) is 3. The van der Waals surface area contributed by atoms with E-state index in [4.69, 9.17) is 9.47 Å². The van der Waals surface area contributed by atoms with Gasteiger partial charge in [0.25, 0.3) is 5.91 Å². The smallest absolute Gasteiger partial charge is 0.323 e. The highest BCUT2D eigenvalue weighted by atomic mass is 19.1. The van der Waals surface area contributed by atoms with E-state index in [2.05, 4.69) is 22.9 Å². The van der Waals surface area contributed by atoms with Crippen molar-refractivity contribution in [3.05, 3.63) is 53.8 Å². The van der Waals surface area contributed by atoms with E-state index in [1.54, 1.807) is 43.3 Å².